The van der Waals surface area contributed by atoms with E-state index in [-0.39, 0.29) is 17.4 Å². The van der Waals surface area contributed by atoms with Gasteiger partial charge < -0.3 is 14.3 Å². The minimum absolute atomic E-state index is 0.0235. The van der Waals surface area contributed by atoms with Gasteiger partial charge in [0.1, 0.15) is 23.3 Å². The Hall–Kier alpha value is -3.80. The number of amides is 1. The van der Waals surface area contributed by atoms with Gasteiger partial charge >= 0.3 is 0 Å². The number of aliphatic hydroxyl groups is 1. The van der Waals surface area contributed by atoms with Gasteiger partial charge in [-0.25, -0.2) is 0 Å². The number of rotatable bonds is 6. The van der Waals surface area contributed by atoms with Crippen molar-refractivity contribution in [3.8, 4) is 5.75 Å². The first-order valence-electron chi connectivity index (χ1n) is 11.0. The van der Waals surface area contributed by atoms with Crippen molar-refractivity contribution in [1.29, 1.82) is 0 Å². The second kappa shape index (κ2) is 8.98. The lowest BCUT2D eigenvalue weighted by Crippen LogP contribution is -2.29. The van der Waals surface area contributed by atoms with Crippen LogP contribution in [0.3, 0.4) is 0 Å². The monoisotopic (exact) mass is 445 g/mol. The van der Waals surface area contributed by atoms with Gasteiger partial charge in [0.05, 0.1) is 17.9 Å². The van der Waals surface area contributed by atoms with Crippen LogP contribution in [-0.2, 0) is 9.59 Å². The van der Waals surface area contributed by atoms with Crippen LogP contribution in [-0.4, -0.2) is 22.9 Å². The molecule has 1 saturated heterocycles. The molecule has 3 aromatic rings. The van der Waals surface area contributed by atoms with Gasteiger partial charge in [0, 0.05) is 11.3 Å². The van der Waals surface area contributed by atoms with Crippen LogP contribution in [0, 0.1) is 0 Å². The fourth-order valence-electron chi connectivity index (χ4n) is 3.98. The lowest BCUT2D eigenvalue weighted by molar-refractivity contribution is -0.132. The van der Waals surface area contributed by atoms with Crippen molar-refractivity contribution in [2.45, 2.75) is 45.8 Å². The maximum Gasteiger partial charge on any atom is 0.300 e. The zero-order valence-corrected chi connectivity index (χ0v) is 19.1. The largest absolute Gasteiger partial charge is 0.507 e. The number of hydrogen-bond donors (Lipinski definition) is 1. The Morgan fingerprint density at radius 1 is 1.00 bits per heavy atom. The molecule has 33 heavy (non-hydrogen) atoms. The molecule has 4 rings (SSSR count). The smallest absolute Gasteiger partial charge is 0.300 e. The molecular weight excluding hydrogens is 418 g/mol. The number of nitrogens with zero attached hydrogens (tertiary/aromatic N) is 1. The van der Waals surface area contributed by atoms with Crippen LogP contribution >= 0.6 is 0 Å². The van der Waals surface area contributed by atoms with Gasteiger partial charge in [-0.05, 0) is 61.7 Å². The molecule has 1 fully saturated rings. The fraction of sp³-hybridized carbons (Fsp3) is 0.259. The molecule has 1 amide bonds. The van der Waals surface area contributed by atoms with Crippen LogP contribution in [0.15, 0.2) is 76.9 Å². The van der Waals surface area contributed by atoms with Gasteiger partial charge in [0.25, 0.3) is 11.7 Å². The molecule has 1 N–H and O–H groups in total. The molecule has 0 aliphatic carbocycles. The van der Waals surface area contributed by atoms with E-state index in [0.29, 0.717) is 28.7 Å². The van der Waals surface area contributed by atoms with Crippen LogP contribution in [0.25, 0.3) is 5.76 Å². The van der Waals surface area contributed by atoms with Crippen molar-refractivity contribution < 1.29 is 23.8 Å². The molecular formula is C27H27NO5. The Morgan fingerprint density at radius 2 is 1.73 bits per heavy atom. The Labute approximate surface area is 193 Å². The van der Waals surface area contributed by atoms with E-state index in [0.717, 1.165) is 5.56 Å². The molecule has 170 valence electrons. The van der Waals surface area contributed by atoms with Crippen LogP contribution < -0.4 is 9.64 Å². The van der Waals surface area contributed by atoms with Gasteiger partial charge in [0.2, 0.25) is 0 Å². The summed E-state index contributed by atoms with van der Waals surface area (Å²) in [5, 5.41) is 11.2. The van der Waals surface area contributed by atoms with Crippen molar-refractivity contribution in [3.63, 3.8) is 0 Å². The Balaban J connectivity index is 1.84. The van der Waals surface area contributed by atoms with Gasteiger partial charge in [-0.3, -0.25) is 14.5 Å². The maximum atomic E-state index is 13.2. The van der Waals surface area contributed by atoms with Crippen molar-refractivity contribution in [3.05, 3.63) is 89.4 Å². The number of carbonyl (C=O) groups is 2. The molecule has 1 atom stereocenters. The van der Waals surface area contributed by atoms with Crippen LogP contribution in [0.4, 0.5) is 5.69 Å². The van der Waals surface area contributed by atoms with E-state index < -0.39 is 17.7 Å². The number of aliphatic hydroxyl groups excluding tert-OH is 1. The summed E-state index contributed by atoms with van der Waals surface area (Å²) in [6.45, 7) is 7.97. The second-order valence-electron chi connectivity index (χ2n) is 8.63. The highest BCUT2D eigenvalue weighted by Crippen LogP contribution is 2.42. The first kappa shape index (κ1) is 22.4. The highest BCUT2D eigenvalue weighted by molar-refractivity contribution is 6.51. The van der Waals surface area contributed by atoms with Crippen LogP contribution in [0.1, 0.15) is 56.5 Å². The van der Waals surface area contributed by atoms with E-state index in [4.69, 9.17) is 9.15 Å². The summed E-state index contributed by atoms with van der Waals surface area (Å²) in [4.78, 5) is 27.7. The molecule has 2 aromatic carbocycles. The number of furan rings is 1. The third-order valence-electron chi connectivity index (χ3n) is 5.57. The van der Waals surface area contributed by atoms with Gasteiger partial charge in [-0.15, -0.1) is 0 Å². The summed E-state index contributed by atoms with van der Waals surface area (Å²) in [6.07, 6.45) is 1.43. The number of carbonyl (C=O) groups excluding carboxylic acids is 2. The number of anilines is 1. The van der Waals surface area contributed by atoms with E-state index >= 15 is 0 Å². The molecule has 6 nitrogen and oxygen atoms in total. The standard InChI is InChI=1S/C27H27NO5/c1-16(2)18-10-12-20(13-11-18)28-24(22-9-6-14-32-22)23(26(30)27(28)31)25(29)19-7-5-8-21(15-19)33-17(3)4/h5-17,24,29H,1-4H3/b25-23-. The number of ether oxygens (including phenoxy) is 1. The molecule has 1 aliphatic heterocycles. The maximum absolute atomic E-state index is 13.2. The average molecular weight is 446 g/mol. The third-order valence-corrected chi connectivity index (χ3v) is 5.57. The van der Waals surface area contributed by atoms with E-state index in [2.05, 4.69) is 13.8 Å². The third kappa shape index (κ3) is 4.29. The molecule has 1 aliphatic rings. The molecule has 2 heterocycles. The van der Waals surface area contributed by atoms with E-state index in [1.807, 2.05) is 38.1 Å². The normalized spacial score (nSPS) is 17.9. The van der Waals surface area contributed by atoms with Crippen molar-refractivity contribution in [2.75, 3.05) is 4.90 Å². The summed E-state index contributed by atoms with van der Waals surface area (Å²) in [5.41, 5.74) is 2.04. The summed E-state index contributed by atoms with van der Waals surface area (Å²) in [5.74, 6) is -0.483. The summed E-state index contributed by atoms with van der Waals surface area (Å²) in [7, 11) is 0. The fourth-order valence-corrected chi connectivity index (χ4v) is 3.98. The molecule has 0 saturated carbocycles. The minimum Gasteiger partial charge on any atom is -0.507 e. The predicted molar refractivity (Wildman–Crippen MR) is 126 cm³/mol. The first-order valence-corrected chi connectivity index (χ1v) is 11.0. The Bertz CT molecular complexity index is 1190. The van der Waals surface area contributed by atoms with Crippen molar-refractivity contribution >= 4 is 23.1 Å². The average Bonchev–Trinajstić information content (AvgIpc) is 3.40. The van der Waals surface area contributed by atoms with Crippen LogP contribution in [0.5, 0.6) is 5.75 Å². The van der Waals surface area contributed by atoms with E-state index in [1.165, 1.54) is 11.2 Å². The molecule has 6 heteroatoms. The summed E-state index contributed by atoms with van der Waals surface area (Å²) in [6, 6.07) is 16.8. The number of benzene rings is 2. The highest BCUT2D eigenvalue weighted by atomic mass is 16.5. The number of ketones is 1. The van der Waals surface area contributed by atoms with E-state index in [9.17, 15) is 14.7 Å². The lowest BCUT2D eigenvalue weighted by Gasteiger charge is -2.24. The minimum atomic E-state index is -0.889. The highest BCUT2D eigenvalue weighted by Gasteiger charge is 2.48. The quantitative estimate of drug-likeness (QED) is 0.294. The van der Waals surface area contributed by atoms with Gasteiger partial charge in [0.15, 0.2) is 0 Å². The topological polar surface area (TPSA) is 80.0 Å². The molecule has 0 spiro atoms. The molecule has 0 radical (unpaired) electrons. The zero-order chi connectivity index (χ0) is 23.7. The van der Waals surface area contributed by atoms with Gasteiger partial charge in [-0.2, -0.15) is 0 Å². The van der Waals surface area contributed by atoms with Crippen LogP contribution in [0.2, 0.25) is 0 Å². The van der Waals surface area contributed by atoms with E-state index in [1.54, 1.807) is 36.4 Å². The predicted octanol–water partition coefficient (Wildman–Crippen LogP) is 5.82. The Morgan fingerprint density at radius 3 is 2.33 bits per heavy atom. The SMILES string of the molecule is CC(C)Oc1cccc(/C(O)=C2/C(=O)C(=O)N(c3ccc(C(C)C)cc3)C2c2ccco2)c1. The van der Waals surface area contributed by atoms with Crippen molar-refractivity contribution in [2.24, 2.45) is 0 Å². The Kier molecular flexibility index (Phi) is 6.09. The first-order chi connectivity index (χ1) is 15.8. The van der Waals surface area contributed by atoms with Crippen molar-refractivity contribution in [1.82, 2.24) is 0 Å². The van der Waals surface area contributed by atoms with Gasteiger partial charge in [-0.1, -0.05) is 38.1 Å². The zero-order valence-electron chi connectivity index (χ0n) is 19.1. The molecule has 0 bridgehead atoms. The summed E-state index contributed by atoms with van der Waals surface area (Å²) < 4.78 is 11.3. The summed E-state index contributed by atoms with van der Waals surface area (Å²) >= 11 is 0. The second-order valence-corrected chi connectivity index (χ2v) is 8.63. The molecule has 1 unspecified atom stereocenters. The lowest BCUT2D eigenvalue weighted by atomic mass is 9.98. The number of Topliss-reactive ketones (excluding diaryl/α,β-unsaturated/α-hetero) is 1. The molecule has 1 aromatic heterocycles. The number of hydrogen-bond acceptors (Lipinski definition) is 5.